The summed E-state index contributed by atoms with van der Waals surface area (Å²) in [5, 5.41) is 2.79. The van der Waals surface area contributed by atoms with Gasteiger partial charge in [-0.2, -0.15) is 0 Å². The summed E-state index contributed by atoms with van der Waals surface area (Å²) in [5.41, 5.74) is 0.207. The van der Waals surface area contributed by atoms with Crippen molar-refractivity contribution in [3.63, 3.8) is 0 Å². The maximum Gasteiger partial charge on any atom is 0.296 e. The predicted octanol–water partition coefficient (Wildman–Crippen LogP) is 2.53. The van der Waals surface area contributed by atoms with Crippen LogP contribution in [0.15, 0.2) is 0 Å². The summed E-state index contributed by atoms with van der Waals surface area (Å²) < 4.78 is 0. The van der Waals surface area contributed by atoms with Crippen molar-refractivity contribution >= 4 is 21.8 Å². The van der Waals surface area contributed by atoms with Crippen LogP contribution < -0.4 is 5.32 Å². The average Bonchev–Trinajstić information content (AvgIpc) is 1.99. The summed E-state index contributed by atoms with van der Waals surface area (Å²) in [6.45, 7) is 11.4. The maximum atomic E-state index is 11.1. The standard InChI is InChI=1S/C11H18BrNO/c1-10(2,3)11(4,5)8-13-9(14)6-7-12/h8H2,1-5H3,(H,13,14). The van der Waals surface area contributed by atoms with Crippen molar-refractivity contribution in [1.29, 1.82) is 0 Å². The minimum absolute atomic E-state index is 0.0522. The molecule has 0 unspecified atom stereocenters. The van der Waals surface area contributed by atoms with E-state index in [2.05, 4.69) is 66.6 Å². The van der Waals surface area contributed by atoms with Crippen molar-refractivity contribution in [1.82, 2.24) is 5.32 Å². The topological polar surface area (TPSA) is 29.1 Å². The molecule has 0 heterocycles. The number of amides is 1. The lowest BCUT2D eigenvalue weighted by atomic mass is 9.69. The van der Waals surface area contributed by atoms with Crippen LogP contribution in [-0.2, 0) is 4.79 Å². The minimum atomic E-state index is -0.237. The second kappa shape index (κ2) is 4.84. The number of halogens is 1. The van der Waals surface area contributed by atoms with Gasteiger partial charge >= 0.3 is 0 Å². The Morgan fingerprint density at radius 3 is 2.14 bits per heavy atom. The first kappa shape index (κ1) is 13.5. The Bertz CT molecular complexity index is 265. The largest absolute Gasteiger partial charge is 0.345 e. The van der Waals surface area contributed by atoms with Crippen LogP contribution in [0.4, 0.5) is 0 Å². The first-order valence-corrected chi connectivity index (χ1v) is 5.39. The molecule has 0 bridgehead atoms. The van der Waals surface area contributed by atoms with E-state index in [0.29, 0.717) is 6.54 Å². The van der Waals surface area contributed by atoms with Crippen LogP contribution in [0.1, 0.15) is 34.6 Å². The summed E-state index contributed by atoms with van der Waals surface area (Å²) in [4.78, 5) is 13.5. The molecule has 1 N–H and O–H groups in total. The van der Waals surface area contributed by atoms with Gasteiger partial charge in [0.15, 0.2) is 0 Å². The molecule has 80 valence electrons. The van der Waals surface area contributed by atoms with Gasteiger partial charge in [-0.25, -0.2) is 0 Å². The third-order valence-electron chi connectivity index (χ3n) is 2.88. The van der Waals surface area contributed by atoms with Crippen LogP contribution in [0, 0.1) is 21.6 Å². The number of hydrogen-bond donors (Lipinski definition) is 1. The number of carbonyl (C=O) groups excluding carboxylic acids is 1. The molecular formula is C11H18BrNO. The lowest BCUT2D eigenvalue weighted by Crippen LogP contribution is -2.41. The summed E-state index contributed by atoms with van der Waals surface area (Å²) in [6, 6.07) is 0. The Hall–Kier alpha value is -0.490. The lowest BCUT2D eigenvalue weighted by molar-refractivity contribution is -0.116. The van der Waals surface area contributed by atoms with E-state index in [4.69, 9.17) is 0 Å². The van der Waals surface area contributed by atoms with Crippen molar-refractivity contribution in [2.75, 3.05) is 6.54 Å². The molecular weight excluding hydrogens is 242 g/mol. The van der Waals surface area contributed by atoms with E-state index in [-0.39, 0.29) is 16.7 Å². The van der Waals surface area contributed by atoms with Crippen molar-refractivity contribution in [3.05, 3.63) is 0 Å². The Morgan fingerprint density at radius 2 is 1.79 bits per heavy atom. The molecule has 0 atom stereocenters. The molecule has 0 saturated carbocycles. The molecule has 0 saturated heterocycles. The Labute approximate surface area is 95.0 Å². The molecule has 2 nitrogen and oxygen atoms in total. The molecule has 0 fully saturated rings. The lowest BCUT2D eigenvalue weighted by Gasteiger charge is -2.38. The number of rotatable bonds is 2. The van der Waals surface area contributed by atoms with Gasteiger partial charge in [0, 0.05) is 28.4 Å². The third kappa shape index (κ3) is 4.15. The van der Waals surface area contributed by atoms with E-state index < -0.39 is 0 Å². The van der Waals surface area contributed by atoms with Gasteiger partial charge in [0.1, 0.15) is 0 Å². The molecule has 0 rings (SSSR count). The van der Waals surface area contributed by atoms with Gasteiger partial charge in [0.25, 0.3) is 5.91 Å². The molecule has 0 aliphatic rings. The van der Waals surface area contributed by atoms with E-state index in [1.807, 2.05) is 0 Å². The normalized spacial score (nSPS) is 11.6. The quantitative estimate of drug-likeness (QED) is 0.759. The van der Waals surface area contributed by atoms with Crippen molar-refractivity contribution in [2.45, 2.75) is 34.6 Å². The van der Waals surface area contributed by atoms with Crippen molar-refractivity contribution in [2.24, 2.45) is 10.8 Å². The molecule has 3 heteroatoms. The molecule has 0 aromatic carbocycles. The highest BCUT2D eigenvalue weighted by molar-refractivity contribution is 9.12. The zero-order valence-electron chi connectivity index (χ0n) is 9.49. The van der Waals surface area contributed by atoms with Crippen molar-refractivity contribution in [3.8, 4) is 10.8 Å². The van der Waals surface area contributed by atoms with Gasteiger partial charge in [0.05, 0.1) is 0 Å². The fourth-order valence-electron chi connectivity index (χ4n) is 0.654. The van der Waals surface area contributed by atoms with Crippen molar-refractivity contribution < 1.29 is 4.79 Å². The average molecular weight is 260 g/mol. The van der Waals surface area contributed by atoms with Crippen LogP contribution >= 0.6 is 15.9 Å². The molecule has 0 aliphatic carbocycles. The molecule has 0 radical (unpaired) electrons. The number of carbonyl (C=O) groups is 1. The smallest absolute Gasteiger partial charge is 0.296 e. The van der Waals surface area contributed by atoms with Gasteiger partial charge in [-0.1, -0.05) is 34.6 Å². The summed E-state index contributed by atoms with van der Waals surface area (Å²) >= 11 is 2.89. The van der Waals surface area contributed by atoms with Gasteiger partial charge in [-0.3, -0.25) is 4.79 Å². The van der Waals surface area contributed by atoms with Gasteiger partial charge in [0.2, 0.25) is 0 Å². The van der Waals surface area contributed by atoms with Crippen LogP contribution in [0.3, 0.4) is 0 Å². The summed E-state index contributed by atoms with van der Waals surface area (Å²) in [6.07, 6.45) is 0. The zero-order chi connectivity index (χ0) is 11.4. The second-order valence-electron chi connectivity index (χ2n) is 5.04. The highest BCUT2D eigenvalue weighted by Gasteiger charge is 2.32. The Balaban J connectivity index is 4.24. The summed E-state index contributed by atoms with van der Waals surface area (Å²) in [7, 11) is 0. The molecule has 0 aromatic heterocycles. The number of hydrogen-bond acceptors (Lipinski definition) is 1. The first-order valence-electron chi connectivity index (χ1n) is 4.60. The van der Waals surface area contributed by atoms with E-state index in [1.54, 1.807) is 0 Å². The molecule has 0 spiro atoms. The molecule has 0 aliphatic heterocycles. The fraction of sp³-hybridized carbons (Fsp3) is 0.727. The van der Waals surface area contributed by atoms with Crippen LogP contribution in [-0.4, -0.2) is 12.5 Å². The van der Waals surface area contributed by atoms with Gasteiger partial charge < -0.3 is 5.32 Å². The van der Waals surface area contributed by atoms with E-state index in [9.17, 15) is 4.79 Å². The van der Waals surface area contributed by atoms with Crippen LogP contribution in [0.2, 0.25) is 0 Å². The van der Waals surface area contributed by atoms with Crippen LogP contribution in [0.5, 0.6) is 0 Å². The highest BCUT2D eigenvalue weighted by atomic mass is 79.9. The molecule has 0 aromatic rings. The highest BCUT2D eigenvalue weighted by Crippen LogP contribution is 2.36. The Morgan fingerprint density at radius 1 is 1.29 bits per heavy atom. The zero-order valence-corrected chi connectivity index (χ0v) is 11.1. The molecule has 14 heavy (non-hydrogen) atoms. The molecule has 1 amide bonds. The van der Waals surface area contributed by atoms with Gasteiger partial charge in [-0.15, -0.1) is 0 Å². The van der Waals surface area contributed by atoms with E-state index >= 15 is 0 Å². The SMILES string of the molecule is CC(C)(C)C(C)(C)CNC(=O)C#CBr. The first-order chi connectivity index (χ1) is 6.20. The number of nitrogens with one attached hydrogen (secondary N) is 1. The van der Waals surface area contributed by atoms with E-state index in [0.717, 1.165) is 0 Å². The summed E-state index contributed by atoms with van der Waals surface area (Å²) in [5.74, 6) is 2.15. The van der Waals surface area contributed by atoms with Crippen LogP contribution in [0.25, 0.3) is 0 Å². The van der Waals surface area contributed by atoms with Gasteiger partial charge in [-0.05, 0) is 15.7 Å². The minimum Gasteiger partial charge on any atom is -0.345 e. The monoisotopic (exact) mass is 259 g/mol. The second-order valence-corrected chi connectivity index (χ2v) is 5.43. The fourth-order valence-corrected chi connectivity index (χ4v) is 0.834. The Kier molecular flexibility index (Phi) is 4.67. The maximum absolute atomic E-state index is 11.1. The predicted molar refractivity (Wildman–Crippen MR) is 62.9 cm³/mol. The third-order valence-corrected chi connectivity index (χ3v) is 3.08. The van der Waals surface area contributed by atoms with E-state index in [1.165, 1.54) is 0 Å².